The third-order valence-corrected chi connectivity index (χ3v) is 1.18. The van der Waals surface area contributed by atoms with Gasteiger partial charge >= 0.3 is 0 Å². The van der Waals surface area contributed by atoms with Crippen molar-refractivity contribution in [2.45, 2.75) is 0 Å². The van der Waals surface area contributed by atoms with Crippen LogP contribution in [0.2, 0.25) is 0 Å². The van der Waals surface area contributed by atoms with Gasteiger partial charge in [0.25, 0.3) is 0 Å². The van der Waals surface area contributed by atoms with Crippen molar-refractivity contribution in [1.29, 1.82) is 0 Å². The highest BCUT2D eigenvalue weighted by Gasteiger charge is 1.89. The van der Waals surface area contributed by atoms with Crippen molar-refractivity contribution in [1.82, 2.24) is 15.0 Å². The topological polar surface area (TPSA) is 38.7 Å². The number of hydrogen-bond acceptors (Lipinski definition) is 3. The molecule has 1 heterocycles. The van der Waals surface area contributed by atoms with Gasteiger partial charge in [0, 0.05) is 0 Å². The van der Waals surface area contributed by atoms with Gasteiger partial charge in [-0.15, -0.1) is 0 Å². The molecule has 1 rings (SSSR count). The molecular formula is C3Br2N3. The van der Waals surface area contributed by atoms with E-state index in [-0.39, 0.29) is 0 Å². The van der Waals surface area contributed by atoms with Crippen LogP contribution in [0.15, 0.2) is 9.47 Å². The van der Waals surface area contributed by atoms with Gasteiger partial charge in [0.05, 0.1) is 0 Å². The maximum absolute atomic E-state index is 3.75. The van der Waals surface area contributed by atoms with Gasteiger partial charge in [0.15, 0.2) is 0 Å². The van der Waals surface area contributed by atoms with E-state index in [1.165, 1.54) is 0 Å². The first kappa shape index (κ1) is 6.10. The van der Waals surface area contributed by atoms with Crippen molar-refractivity contribution in [3.63, 3.8) is 0 Å². The van der Waals surface area contributed by atoms with Gasteiger partial charge in [-0.25, -0.2) is 0 Å². The summed E-state index contributed by atoms with van der Waals surface area (Å²) in [5, 5.41) is 0. The Balaban J connectivity index is 3.08. The molecule has 1 aromatic rings. The molecule has 0 saturated heterocycles. The zero-order valence-corrected chi connectivity index (χ0v) is 6.77. The Hall–Kier alpha value is -0.0300. The van der Waals surface area contributed by atoms with Gasteiger partial charge in [0.2, 0.25) is 15.8 Å². The van der Waals surface area contributed by atoms with Crippen LogP contribution >= 0.6 is 31.9 Å². The fourth-order valence-corrected chi connectivity index (χ4v) is 0.966. The minimum Gasteiger partial charge on any atom is -0.199 e. The molecule has 0 saturated carbocycles. The summed E-state index contributed by atoms with van der Waals surface area (Å²) in [6.07, 6.45) is 2.37. The van der Waals surface area contributed by atoms with E-state index in [0.717, 1.165) is 0 Å². The normalized spacial score (nSPS) is 9.25. The highest BCUT2D eigenvalue weighted by molar-refractivity contribution is 9.11. The Bertz CT molecular complexity index is 172. The second-order valence-corrected chi connectivity index (χ2v) is 2.39. The van der Waals surface area contributed by atoms with Gasteiger partial charge < -0.3 is 0 Å². The van der Waals surface area contributed by atoms with Crippen LogP contribution in [-0.2, 0) is 0 Å². The fourth-order valence-electron chi connectivity index (χ4n) is 0.234. The van der Waals surface area contributed by atoms with Crippen LogP contribution in [-0.4, -0.2) is 15.0 Å². The van der Waals surface area contributed by atoms with Crippen molar-refractivity contribution in [2.24, 2.45) is 0 Å². The van der Waals surface area contributed by atoms with Crippen LogP contribution in [0.1, 0.15) is 0 Å². The van der Waals surface area contributed by atoms with E-state index in [1.54, 1.807) is 0 Å². The van der Waals surface area contributed by atoms with Gasteiger partial charge in [-0.1, -0.05) is 0 Å². The summed E-state index contributed by atoms with van der Waals surface area (Å²) in [6, 6.07) is 0. The average molecular weight is 238 g/mol. The van der Waals surface area contributed by atoms with E-state index in [2.05, 4.69) is 53.1 Å². The summed E-state index contributed by atoms with van der Waals surface area (Å²) >= 11 is 6.08. The van der Waals surface area contributed by atoms with E-state index in [1.807, 2.05) is 0 Å². The highest BCUT2D eigenvalue weighted by Crippen LogP contribution is 2.02. The molecule has 0 aliphatic carbocycles. The van der Waals surface area contributed by atoms with Crippen LogP contribution in [0, 0.1) is 6.33 Å². The standard InChI is InChI=1S/C3Br2N3/c4-2-6-1-7-3(5)8-2. The van der Waals surface area contributed by atoms with Crippen LogP contribution in [0.5, 0.6) is 0 Å². The molecule has 0 N–H and O–H groups in total. The number of hydrogen-bond donors (Lipinski definition) is 0. The molecule has 5 heteroatoms. The van der Waals surface area contributed by atoms with Crippen LogP contribution in [0.4, 0.5) is 0 Å². The van der Waals surface area contributed by atoms with Gasteiger partial charge in [0.1, 0.15) is 0 Å². The lowest BCUT2D eigenvalue weighted by molar-refractivity contribution is 0.963. The lowest BCUT2D eigenvalue weighted by Gasteiger charge is -1.83. The van der Waals surface area contributed by atoms with E-state index in [9.17, 15) is 0 Å². The van der Waals surface area contributed by atoms with Crippen molar-refractivity contribution >= 4 is 31.9 Å². The summed E-state index contributed by atoms with van der Waals surface area (Å²) in [6.45, 7) is 0. The first-order chi connectivity index (χ1) is 3.79. The smallest absolute Gasteiger partial charge is 0.199 e. The van der Waals surface area contributed by atoms with E-state index >= 15 is 0 Å². The van der Waals surface area contributed by atoms with Crippen LogP contribution in [0.3, 0.4) is 0 Å². The maximum atomic E-state index is 3.75. The zero-order chi connectivity index (χ0) is 5.98. The molecule has 0 spiro atoms. The highest BCUT2D eigenvalue weighted by atomic mass is 79.9. The minimum atomic E-state index is 0.486. The summed E-state index contributed by atoms with van der Waals surface area (Å²) in [5.74, 6) is 0. The van der Waals surface area contributed by atoms with Crippen LogP contribution < -0.4 is 0 Å². The summed E-state index contributed by atoms with van der Waals surface area (Å²) < 4.78 is 0.971. The van der Waals surface area contributed by atoms with E-state index in [0.29, 0.717) is 9.47 Å². The molecule has 1 aromatic heterocycles. The molecule has 0 fully saturated rings. The summed E-state index contributed by atoms with van der Waals surface area (Å²) in [7, 11) is 0. The molecule has 0 aliphatic heterocycles. The molecule has 3 nitrogen and oxygen atoms in total. The third-order valence-electron chi connectivity index (χ3n) is 0.469. The molecule has 8 heavy (non-hydrogen) atoms. The van der Waals surface area contributed by atoms with Crippen molar-refractivity contribution < 1.29 is 0 Å². The van der Waals surface area contributed by atoms with Crippen LogP contribution in [0.25, 0.3) is 0 Å². The number of nitrogens with zero attached hydrogens (tertiary/aromatic N) is 3. The Morgan fingerprint density at radius 1 is 1.12 bits per heavy atom. The minimum absolute atomic E-state index is 0.486. The SMILES string of the molecule is Brc1n[c]nc(Br)n1. The Labute approximate surface area is 62.8 Å². The maximum Gasteiger partial charge on any atom is 0.202 e. The van der Waals surface area contributed by atoms with Crippen molar-refractivity contribution in [3.05, 3.63) is 15.8 Å². The molecule has 0 aliphatic rings. The molecule has 1 radical (unpaired) electrons. The zero-order valence-electron chi connectivity index (χ0n) is 3.60. The molecule has 0 unspecified atom stereocenters. The predicted octanol–water partition coefficient (Wildman–Crippen LogP) is 1.20. The third kappa shape index (κ3) is 1.48. The average Bonchev–Trinajstić information content (AvgIpc) is 1.64. The molecule has 0 amide bonds. The molecule has 41 valence electrons. The Kier molecular flexibility index (Phi) is 1.90. The van der Waals surface area contributed by atoms with Gasteiger partial charge in [-0.3, -0.25) is 0 Å². The molecule has 0 aromatic carbocycles. The first-order valence-corrected chi connectivity index (χ1v) is 3.31. The fraction of sp³-hybridized carbons (Fsp3) is 0. The lowest BCUT2D eigenvalue weighted by atomic mass is 11.1. The summed E-state index contributed by atoms with van der Waals surface area (Å²) in [4.78, 5) is 10.9. The Morgan fingerprint density at radius 3 is 1.88 bits per heavy atom. The second-order valence-electron chi connectivity index (χ2n) is 0.973. The van der Waals surface area contributed by atoms with Gasteiger partial charge in [-0.2, -0.15) is 15.0 Å². The Morgan fingerprint density at radius 2 is 1.62 bits per heavy atom. The number of rotatable bonds is 0. The number of aromatic nitrogens is 3. The molecular weight excluding hydrogens is 238 g/mol. The predicted molar refractivity (Wildman–Crippen MR) is 34.1 cm³/mol. The van der Waals surface area contributed by atoms with E-state index in [4.69, 9.17) is 0 Å². The lowest BCUT2D eigenvalue weighted by Crippen LogP contribution is -1.85. The monoisotopic (exact) mass is 236 g/mol. The second kappa shape index (κ2) is 2.50. The first-order valence-electron chi connectivity index (χ1n) is 1.72. The summed E-state index contributed by atoms with van der Waals surface area (Å²) in [5.41, 5.74) is 0. The largest absolute Gasteiger partial charge is 0.202 e. The van der Waals surface area contributed by atoms with Gasteiger partial charge in [-0.05, 0) is 31.9 Å². The van der Waals surface area contributed by atoms with Crippen molar-refractivity contribution in [2.75, 3.05) is 0 Å². The molecule has 0 bridgehead atoms. The molecule has 0 atom stereocenters. The number of halogens is 2. The van der Waals surface area contributed by atoms with E-state index < -0.39 is 0 Å². The quantitative estimate of drug-likeness (QED) is 0.681. The van der Waals surface area contributed by atoms with Crippen molar-refractivity contribution in [3.8, 4) is 0 Å².